The van der Waals surface area contributed by atoms with E-state index in [-0.39, 0.29) is 6.54 Å². The van der Waals surface area contributed by atoms with Crippen LogP contribution in [0.4, 0.5) is 0 Å². The molecule has 0 unspecified atom stereocenters. The van der Waals surface area contributed by atoms with Gasteiger partial charge in [0.25, 0.3) is 0 Å². The van der Waals surface area contributed by atoms with Crippen LogP contribution in [-0.4, -0.2) is 58.7 Å². The lowest BCUT2D eigenvalue weighted by Crippen LogP contribution is -2.54. The minimum atomic E-state index is -1.15. The molecular weight excluding hydrogens is 252 g/mol. The van der Waals surface area contributed by atoms with E-state index in [0.717, 1.165) is 0 Å². The monoisotopic (exact) mass is 270 g/mol. The Bertz CT molecular complexity index is 395. The van der Waals surface area contributed by atoms with Crippen molar-refractivity contribution in [2.45, 2.75) is 12.1 Å². The van der Waals surface area contributed by atoms with Crippen molar-refractivity contribution in [2.24, 2.45) is 0 Å². The topological polar surface area (TPSA) is 112 Å². The Morgan fingerprint density at radius 2 is 1.95 bits per heavy atom. The first-order valence-corrected chi connectivity index (χ1v) is 5.71. The highest BCUT2D eigenvalue weighted by Crippen LogP contribution is 2.06. The zero-order valence-corrected chi connectivity index (χ0v) is 10.7. The molecule has 0 aliphatic heterocycles. The summed E-state index contributed by atoms with van der Waals surface area (Å²) in [5, 5.41) is 30.3. The van der Waals surface area contributed by atoms with Crippen LogP contribution in [0.15, 0.2) is 18.3 Å². The van der Waals surface area contributed by atoms with Crippen molar-refractivity contribution in [3.05, 3.63) is 29.6 Å². The first kappa shape index (κ1) is 15.5. The van der Waals surface area contributed by atoms with Gasteiger partial charge in [-0.15, -0.1) is 0 Å². The number of aliphatic hydroxyl groups is 3. The van der Waals surface area contributed by atoms with Gasteiger partial charge in [0.15, 0.2) is 0 Å². The molecule has 0 fully saturated rings. The quantitative estimate of drug-likeness (QED) is 0.454. The fraction of sp³-hybridized carbons (Fsp3) is 0.500. The number of aliphatic hydroxyl groups excluding tert-OH is 3. The maximum Gasteiger partial charge on any atom is 0.339 e. The SMILES string of the molecule is COC(=O)c1ccc(CNC(CO)(CO)CO)nc1. The Balaban J connectivity index is 2.66. The third kappa shape index (κ3) is 3.97. The molecular formula is C12H18N2O5. The number of aromatic nitrogens is 1. The molecule has 0 amide bonds. The highest BCUT2D eigenvalue weighted by molar-refractivity contribution is 5.88. The second kappa shape index (κ2) is 7.15. The molecule has 0 spiro atoms. The van der Waals surface area contributed by atoms with E-state index in [4.69, 9.17) is 15.3 Å². The molecule has 0 radical (unpaired) electrons. The molecule has 0 atom stereocenters. The number of nitrogens with one attached hydrogen (secondary N) is 1. The molecule has 0 saturated carbocycles. The van der Waals surface area contributed by atoms with Gasteiger partial charge in [0.05, 0.1) is 43.7 Å². The molecule has 4 N–H and O–H groups in total. The van der Waals surface area contributed by atoms with E-state index in [1.165, 1.54) is 13.3 Å². The van der Waals surface area contributed by atoms with Crippen LogP contribution in [0.3, 0.4) is 0 Å². The predicted octanol–water partition coefficient (Wildman–Crippen LogP) is -1.33. The average Bonchev–Trinajstić information content (AvgIpc) is 2.49. The van der Waals surface area contributed by atoms with Gasteiger partial charge in [-0.3, -0.25) is 10.3 Å². The number of hydrogen-bond acceptors (Lipinski definition) is 7. The summed E-state index contributed by atoms with van der Waals surface area (Å²) in [6, 6.07) is 3.19. The van der Waals surface area contributed by atoms with E-state index in [9.17, 15) is 4.79 Å². The molecule has 7 nitrogen and oxygen atoms in total. The number of esters is 1. The Kier molecular flexibility index (Phi) is 5.84. The van der Waals surface area contributed by atoms with Gasteiger partial charge in [-0.05, 0) is 12.1 Å². The lowest BCUT2D eigenvalue weighted by Gasteiger charge is -2.28. The molecule has 7 heteroatoms. The van der Waals surface area contributed by atoms with Crippen LogP contribution in [0.2, 0.25) is 0 Å². The minimum absolute atomic E-state index is 0.239. The van der Waals surface area contributed by atoms with Crippen molar-refractivity contribution in [2.75, 3.05) is 26.9 Å². The van der Waals surface area contributed by atoms with Crippen molar-refractivity contribution >= 4 is 5.97 Å². The van der Waals surface area contributed by atoms with Gasteiger partial charge in [-0.1, -0.05) is 0 Å². The number of carbonyl (C=O) groups excluding carboxylic acids is 1. The van der Waals surface area contributed by atoms with Crippen molar-refractivity contribution in [3.8, 4) is 0 Å². The molecule has 19 heavy (non-hydrogen) atoms. The molecule has 0 bridgehead atoms. The molecule has 106 valence electrons. The van der Waals surface area contributed by atoms with Crippen LogP contribution >= 0.6 is 0 Å². The molecule has 0 saturated heterocycles. The van der Waals surface area contributed by atoms with Gasteiger partial charge in [-0.25, -0.2) is 4.79 Å². The van der Waals surface area contributed by atoms with Crippen LogP contribution < -0.4 is 5.32 Å². The molecule has 1 rings (SSSR count). The summed E-state index contributed by atoms with van der Waals surface area (Å²) in [6.07, 6.45) is 1.38. The zero-order chi connectivity index (χ0) is 14.3. The van der Waals surface area contributed by atoms with Gasteiger partial charge in [0.1, 0.15) is 0 Å². The van der Waals surface area contributed by atoms with E-state index in [0.29, 0.717) is 11.3 Å². The van der Waals surface area contributed by atoms with Crippen LogP contribution in [-0.2, 0) is 11.3 Å². The predicted molar refractivity (Wildman–Crippen MR) is 66.4 cm³/mol. The summed E-state index contributed by atoms with van der Waals surface area (Å²) in [7, 11) is 1.29. The summed E-state index contributed by atoms with van der Waals surface area (Å²) in [6.45, 7) is -0.968. The Morgan fingerprint density at radius 1 is 1.32 bits per heavy atom. The average molecular weight is 270 g/mol. The normalized spacial score (nSPS) is 11.4. The van der Waals surface area contributed by atoms with Crippen molar-refractivity contribution in [1.82, 2.24) is 10.3 Å². The highest BCUT2D eigenvalue weighted by Gasteiger charge is 2.27. The first-order valence-electron chi connectivity index (χ1n) is 5.71. The molecule has 1 aromatic rings. The summed E-state index contributed by atoms with van der Waals surface area (Å²) in [4.78, 5) is 15.2. The molecule has 0 aliphatic carbocycles. The fourth-order valence-corrected chi connectivity index (χ4v) is 1.36. The van der Waals surface area contributed by atoms with Gasteiger partial charge in [-0.2, -0.15) is 0 Å². The zero-order valence-electron chi connectivity index (χ0n) is 10.7. The van der Waals surface area contributed by atoms with Gasteiger partial charge >= 0.3 is 5.97 Å². The first-order chi connectivity index (χ1) is 9.10. The molecule has 0 aromatic carbocycles. The highest BCUT2D eigenvalue weighted by atomic mass is 16.5. The second-order valence-electron chi connectivity index (χ2n) is 4.14. The minimum Gasteiger partial charge on any atom is -0.465 e. The third-order valence-corrected chi connectivity index (χ3v) is 2.80. The summed E-state index contributed by atoms with van der Waals surface area (Å²) < 4.78 is 4.55. The molecule has 1 aromatic heterocycles. The molecule has 1 heterocycles. The van der Waals surface area contributed by atoms with Crippen LogP contribution in [0.5, 0.6) is 0 Å². The number of ether oxygens (including phenoxy) is 1. The maximum absolute atomic E-state index is 11.2. The maximum atomic E-state index is 11.2. The Labute approximate surface area is 110 Å². The number of pyridine rings is 1. The van der Waals surface area contributed by atoms with E-state index in [1.54, 1.807) is 12.1 Å². The van der Waals surface area contributed by atoms with E-state index >= 15 is 0 Å². The van der Waals surface area contributed by atoms with Crippen molar-refractivity contribution < 1.29 is 24.9 Å². The number of hydrogen-bond donors (Lipinski definition) is 4. The number of carbonyl (C=O) groups is 1. The van der Waals surface area contributed by atoms with E-state index in [2.05, 4.69) is 15.0 Å². The largest absolute Gasteiger partial charge is 0.465 e. The van der Waals surface area contributed by atoms with Gasteiger partial charge < -0.3 is 20.1 Å². The van der Waals surface area contributed by atoms with Crippen molar-refractivity contribution in [3.63, 3.8) is 0 Å². The second-order valence-corrected chi connectivity index (χ2v) is 4.14. The lowest BCUT2D eigenvalue weighted by molar-refractivity contribution is 0.0411. The fourth-order valence-electron chi connectivity index (χ4n) is 1.36. The number of methoxy groups -OCH3 is 1. The van der Waals surface area contributed by atoms with Gasteiger partial charge in [0, 0.05) is 12.7 Å². The van der Waals surface area contributed by atoms with Gasteiger partial charge in [0.2, 0.25) is 0 Å². The number of rotatable bonds is 7. The summed E-state index contributed by atoms with van der Waals surface area (Å²) in [5.41, 5.74) is -0.209. The Morgan fingerprint density at radius 3 is 2.37 bits per heavy atom. The van der Waals surface area contributed by atoms with Crippen LogP contribution in [0.25, 0.3) is 0 Å². The third-order valence-electron chi connectivity index (χ3n) is 2.80. The van der Waals surface area contributed by atoms with Crippen molar-refractivity contribution in [1.29, 1.82) is 0 Å². The molecule has 0 aliphatic rings. The smallest absolute Gasteiger partial charge is 0.339 e. The number of nitrogens with zero attached hydrogens (tertiary/aromatic N) is 1. The Hall–Kier alpha value is -1.54. The van der Waals surface area contributed by atoms with E-state index in [1.807, 2.05) is 0 Å². The van der Waals surface area contributed by atoms with Crippen LogP contribution in [0, 0.1) is 0 Å². The summed E-state index contributed by atoms with van der Waals surface area (Å²) in [5.74, 6) is -0.470. The lowest BCUT2D eigenvalue weighted by atomic mass is 10.0. The summed E-state index contributed by atoms with van der Waals surface area (Å²) >= 11 is 0. The van der Waals surface area contributed by atoms with E-state index < -0.39 is 31.3 Å². The van der Waals surface area contributed by atoms with Crippen LogP contribution in [0.1, 0.15) is 16.1 Å². The standard InChI is InChI=1S/C12H18N2O5/c1-19-11(18)9-2-3-10(13-4-9)5-14-12(6-15,7-16)8-17/h2-4,14-17H,5-8H2,1H3.